The summed E-state index contributed by atoms with van der Waals surface area (Å²) in [7, 11) is 0. The molecule has 0 N–H and O–H groups in total. The van der Waals surface area contributed by atoms with Crippen molar-refractivity contribution in [3.63, 3.8) is 0 Å². The van der Waals surface area contributed by atoms with Crippen molar-refractivity contribution >= 4 is 17.5 Å². The summed E-state index contributed by atoms with van der Waals surface area (Å²) in [4.78, 5) is 17.5. The van der Waals surface area contributed by atoms with E-state index in [9.17, 15) is 4.79 Å². The van der Waals surface area contributed by atoms with E-state index in [1.54, 1.807) is 12.1 Å². The highest BCUT2D eigenvalue weighted by molar-refractivity contribution is 6.30. The van der Waals surface area contributed by atoms with Crippen molar-refractivity contribution in [3.8, 4) is 5.75 Å². The largest absolute Gasteiger partial charge is 0.489 e. The molecule has 2 aliphatic rings. The first-order valence-corrected chi connectivity index (χ1v) is 11.5. The van der Waals surface area contributed by atoms with Crippen LogP contribution in [-0.4, -0.2) is 64.3 Å². The molecule has 4 rings (SSSR count). The van der Waals surface area contributed by atoms with E-state index in [1.807, 2.05) is 34.1 Å². The molecule has 6 nitrogen and oxygen atoms in total. The van der Waals surface area contributed by atoms with Crippen LogP contribution in [0, 0.1) is 0 Å². The Morgan fingerprint density at radius 2 is 1.90 bits per heavy atom. The summed E-state index contributed by atoms with van der Waals surface area (Å²) in [6, 6.07) is 7.37. The highest BCUT2D eigenvalue weighted by Crippen LogP contribution is 2.28. The Balaban J connectivity index is 1.30. The minimum Gasteiger partial charge on any atom is -0.489 e. The second-order valence-electron chi connectivity index (χ2n) is 8.27. The quantitative estimate of drug-likeness (QED) is 0.663. The molecule has 2 aliphatic heterocycles. The number of carbonyl (C=O) groups excluding carboxylic acids is 1. The van der Waals surface area contributed by atoms with Crippen LogP contribution in [0.15, 0.2) is 36.7 Å². The first-order chi connectivity index (χ1) is 14.7. The van der Waals surface area contributed by atoms with Gasteiger partial charge in [-0.3, -0.25) is 9.48 Å². The predicted octanol–water partition coefficient (Wildman–Crippen LogP) is 4.10. The van der Waals surface area contributed by atoms with Crippen LogP contribution in [0.1, 0.15) is 48.9 Å². The fourth-order valence-electron chi connectivity index (χ4n) is 4.36. The molecule has 0 spiro atoms. The zero-order valence-corrected chi connectivity index (χ0v) is 18.3. The first kappa shape index (κ1) is 21.2. The Morgan fingerprint density at radius 3 is 2.63 bits per heavy atom. The van der Waals surface area contributed by atoms with E-state index in [2.05, 4.69) is 10.00 Å². The van der Waals surface area contributed by atoms with Crippen molar-refractivity contribution in [1.29, 1.82) is 0 Å². The van der Waals surface area contributed by atoms with Crippen LogP contribution < -0.4 is 4.74 Å². The first-order valence-electron chi connectivity index (χ1n) is 11.1. The third-order valence-corrected chi connectivity index (χ3v) is 6.30. The Bertz CT molecular complexity index is 813. The fraction of sp³-hybridized carbons (Fsp3) is 0.565. The zero-order chi connectivity index (χ0) is 20.8. The maximum absolute atomic E-state index is 13.0. The van der Waals surface area contributed by atoms with Gasteiger partial charge in [0, 0.05) is 50.1 Å². The van der Waals surface area contributed by atoms with Gasteiger partial charge >= 0.3 is 0 Å². The SMILES string of the molecule is O=C(c1ccc(Cl)cc1OC1CCN(CCCn2cccn2)CC1)N1CCCCC1. The number of piperidine rings is 2. The maximum atomic E-state index is 13.0. The summed E-state index contributed by atoms with van der Waals surface area (Å²) in [5.41, 5.74) is 0.642. The molecule has 0 radical (unpaired) electrons. The molecule has 0 unspecified atom stereocenters. The number of rotatable bonds is 7. The van der Waals surface area contributed by atoms with E-state index in [0.717, 1.165) is 71.4 Å². The normalized spacial score (nSPS) is 18.5. The van der Waals surface area contributed by atoms with E-state index < -0.39 is 0 Å². The van der Waals surface area contributed by atoms with Gasteiger partial charge in [-0.25, -0.2) is 0 Å². The minimum absolute atomic E-state index is 0.0671. The van der Waals surface area contributed by atoms with Crippen molar-refractivity contribution in [2.24, 2.45) is 0 Å². The van der Waals surface area contributed by atoms with Gasteiger partial charge in [0.1, 0.15) is 11.9 Å². The Hall–Kier alpha value is -2.05. The summed E-state index contributed by atoms with van der Waals surface area (Å²) < 4.78 is 8.30. The average Bonchev–Trinajstić information content (AvgIpc) is 3.29. The molecule has 0 saturated carbocycles. The van der Waals surface area contributed by atoms with Crippen LogP contribution in [0.25, 0.3) is 0 Å². The third kappa shape index (κ3) is 5.55. The summed E-state index contributed by atoms with van der Waals surface area (Å²) in [5.74, 6) is 0.702. The third-order valence-electron chi connectivity index (χ3n) is 6.07. The number of benzene rings is 1. The molecule has 0 aliphatic carbocycles. The van der Waals surface area contributed by atoms with Crippen LogP contribution in [0.5, 0.6) is 5.75 Å². The number of ether oxygens (including phenoxy) is 1. The molecule has 1 aromatic heterocycles. The summed E-state index contributed by atoms with van der Waals surface area (Å²) in [6.45, 7) is 5.71. The molecule has 1 aromatic carbocycles. The molecule has 0 atom stereocenters. The molecule has 3 heterocycles. The second kappa shape index (κ2) is 10.3. The molecule has 162 valence electrons. The second-order valence-corrected chi connectivity index (χ2v) is 8.71. The maximum Gasteiger partial charge on any atom is 0.257 e. The number of amides is 1. The van der Waals surface area contributed by atoms with Gasteiger partial charge < -0.3 is 14.5 Å². The van der Waals surface area contributed by atoms with Gasteiger partial charge in [-0.1, -0.05) is 11.6 Å². The van der Waals surface area contributed by atoms with Gasteiger partial charge in [0.25, 0.3) is 5.91 Å². The van der Waals surface area contributed by atoms with Gasteiger partial charge in [0.15, 0.2) is 0 Å². The van der Waals surface area contributed by atoms with E-state index >= 15 is 0 Å². The van der Waals surface area contributed by atoms with Crippen molar-refractivity contribution in [2.45, 2.75) is 51.2 Å². The van der Waals surface area contributed by atoms with Gasteiger partial charge in [-0.15, -0.1) is 0 Å². The standard InChI is InChI=1S/C23H31ClN4O2/c24-19-6-7-21(23(29)27-12-2-1-3-13-27)22(18-19)30-20-8-16-26(17-9-20)11-5-15-28-14-4-10-25-28/h4,6-7,10,14,18,20H,1-3,5,8-9,11-13,15-17H2. The molecule has 0 bridgehead atoms. The number of aromatic nitrogens is 2. The lowest BCUT2D eigenvalue weighted by Crippen LogP contribution is -2.39. The van der Waals surface area contributed by atoms with Gasteiger partial charge in [-0.2, -0.15) is 5.10 Å². The van der Waals surface area contributed by atoms with Crippen molar-refractivity contribution < 1.29 is 9.53 Å². The topological polar surface area (TPSA) is 50.6 Å². The van der Waals surface area contributed by atoms with Crippen molar-refractivity contribution in [1.82, 2.24) is 19.6 Å². The van der Waals surface area contributed by atoms with Crippen LogP contribution in [-0.2, 0) is 6.54 Å². The minimum atomic E-state index is 0.0671. The summed E-state index contributed by atoms with van der Waals surface area (Å²) >= 11 is 6.23. The van der Waals surface area contributed by atoms with Gasteiger partial charge in [-0.05, 0) is 69.3 Å². The van der Waals surface area contributed by atoms with Crippen LogP contribution in [0.3, 0.4) is 0 Å². The number of nitrogens with zero attached hydrogens (tertiary/aromatic N) is 4. The number of halogens is 1. The highest BCUT2D eigenvalue weighted by Gasteiger charge is 2.25. The molecule has 2 aromatic rings. The summed E-state index contributed by atoms with van der Waals surface area (Å²) in [6.07, 6.45) is 10.3. The van der Waals surface area contributed by atoms with E-state index in [1.165, 1.54) is 6.42 Å². The molecule has 1 amide bonds. The predicted molar refractivity (Wildman–Crippen MR) is 118 cm³/mol. The molecule has 30 heavy (non-hydrogen) atoms. The molecule has 2 fully saturated rings. The summed E-state index contributed by atoms with van der Waals surface area (Å²) in [5, 5.41) is 4.87. The van der Waals surface area contributed by atoms with Crippen molar-refractivity contribution in [2.75, 3.05) is 32.7 Å². The fourth-order valence-corrected chi connectivity index (χ4v) is 4.52. The Kier molecular flexibility index (Phi) is 7.28. The number of hydrogen-bond donors (Lipinski definition) is 0. The Morgan fingerprint density at radius 1 is 1.10 bits per heavy atom. The highest BCUT2D eigenvalue weighted by atomic mass is 35.5. The van der Waals surface area contributed by atoms with Gasteiger partial charge in [0.05, 0.1) is 5.56 Å². The smallest absolute Gasteiger partial charge is 0.257 e. The van der Waals surface area contributed by atoms with Crippen molar-refractivity contribution in [3.05, 3.63) is 47.2 Å². The average molecular weight is 431 g/mol. The van der Waals surface area contributed by atoms with Gasteiger partial charge in [0.2, 0.25) is 0 Å². The number of likely N-dealkylation sites (tertiary alicyclic amines) is 2. The van der Waals surface area contributed by atoms with E-state index in [-0.39, 0.29) is 12.0 Å². The Labute approximate surface area is 183 Å². The monoisotopic (exact) mass is 430 g/mol. The number of hydrogen-bond acceptors (Lipinski definition) is 4. The van der Waals surface area contributed by atoms with Crippen LogP contribution in [0.2, 0.25) is 5.02 Å². The molecular formula is C23H31ClN4O2. The lowest BCUT2D eigenvalue weighted by molar-refractivity contribution is 0.0703. The van der Waals surface area contributed by atoms with Crippen LogP contribution in [0.4, 0.5) is 0 Å². The molecule has 7 heteroatoms. The lowest BCUT2D eigenvalue weighted by atomic mass is 10.1. The number of carbonyl (C=O) groups is 1. The van der Waals surface area contributed by atoms with E-state index in [0.29, 0.717) is 16.3 Å². The molecule has 2 saturated heterocycles. The molecular weight excluding hydrogens is 400 g/mol. The number of aryl methyl sites for hydroxylation is 1. The zero-order valence-electron chi connectivity index (χ0n) is 17.5. The van der Waals surface area contributed by atoms with E-state index in [4.69, 9.17) is 16.3 Å². The van der Waals surface area contributed by atoms with Crippen LogP contribution >= 0.6 is 11.6 Å². The lowest BCUT2D eigenvalue weighted by Gasteiger charge is -2.33.